The number of hydrogen-bond donors (Lipinski definition) is 0. The Bertz CT molecular complexity index is 127. The summed E-state index contributed by atoms with van der Waals surface area (Å²) >= 11 is 3.02. The van der Waals surface area contributed by atoms with Gasteiger partial charge >= 0.3 is 5.97 Å². The van der Waals surface area contributed by atoms with Crippen LogP contribution in [0.15, 0.2) is 12.7 Å². The Hall–Kier alpha value is -0.380. The summed E-state index contributed by atoms with van der Waals surface area (Å²) in [5.41, 5.74) is 0. The Kier molecular flexibility index (Phi) is 5.20. The van der Waals surface area contributed by atoms with Gasteiger partial charge in [0, 0.05) is 5.33 Å². The molecule has 0 aliphatic heterocycles. The normalized spacial score (nSPS) is 12.2. The van der Waals surface area contributed by atoms with E-state index >= 15 is 0 Å². The average Bonchev–Trinajstić information content (AvgIpc) is 1.98. The van der Waals surface area contributed by atoms with Crippen molar-refractivity contribution in [2.24, 2.45) is 0 Å². The molecule has 0 aliphatic rings. The van der Waals surface area contributed by atoms with E-state index in [1.54, 1.807) is 0 Å². The predicted octanol–water partition coefficient (Wildman–Crippen LogP) is 1.45. The number of hydrogen-bond acceptors (Lipinski definition) is 2. The van der Waals surface area contributed by atoms with Crippen LogP contribution in [0.3, 0.4) is 0 Å². The summed E-state index contributed by atoms with van der Waals surface area (Å²) in [7, 11) is 0. The van der Waals surface area contributed by atoms with Gasteiger partial charge in [-0.1, -0.05) is 22.5 Å². The van der Waals surface area contributed by atoms with Crippen molar-refractivity contribution in [3.63, 3.8) is 0 Å². The molecule has 0 saturated carbocycles. The summed E-state index contributed by atoms with van der Waals surface area (Å²) in [5, 5.41) is 0.516. The van der Waals surface area contributed by atoms with Crippen molar-refractivity contribution in [2.75, 3.05) is 11.9 Å². The third kappa shape index (κ3) is 3.61. The maximum Gasteiger partial charge on any atom is 0.344 e. The van der Waals surface area contributed by atoms with Gasteiger partial charge in [-0.05, 0) is 6.08 Å². The summed E-state index contributed by atoms with van der Waals surface area (Å²) in [5.74, 6) is -0.880. The first-order valence-electron chi connectivity index (χ1n) is 2.71. The van der Waals surface area contributed by atoms with E-state index in [0.717, 1.165) is 6.08 Å². The fraction of sp³-hybridized carbons (Fsp3) is 0.500. The van der Waals surface area contributed by atoms with Gasteiger partial charge in [-0.15, -0.1) is 0 Å². The third-order valence-electron chi connectivity index (χ3n) is 0.754. The van der Waals surface area contributed by atoms with Gasteiger partial charge in [0.05, 0.1) is 0 Å². The summed E-state index contributed by atoms with van der Waals surface area (Å²) in [6, 6.07) is 0. The van der Waals surface area contributed by atoms with E-state index in [1.807, 2.05) is 0 Å². The molecule has 0 aromatic carbocycles. The molecule has 1 unspecified atom stereocenters. The Morgan fingerprint density at radius 1 is 1.90 bits per heavy atom. The number of halogens is 2. The van der Waals surface area contributed by atoms with E-state index in [4.69, 9.17) is 0 Å². The lowest BCUT2D eigenvalue weighted by molar-refractivity contribution is -0.146. The minimum absolute atomic E-state index is 0.188. The van der Waals surface area contributed by atoms with Crippen LogP contribution in [0.5, 0.6) is 0 Å². The van der Waals surface area contributed by atoms with E-state index in [-0.39, 0.29) is 6.61 Å². The maximum absolute atomic E-state index is 12.2. The van der Waals surface area contributed by atoms with Crippen molar-refractivity contribution < 1.29 is 13.9 Å². The zero-order valence-corrected chi connectivity index (χ0v) is 6.93. The molecule has 0 rings (SSSR count). The Morgan fingerprint density at radius 2 is 2.50 bits per heavy atom. The maximum atomic E-state index is 12.2. The van der Waals surface area contributed by atoms with Crippen molar-refractivity contribution in [2.45, 2.75) is 6.17 Å². The topological polar surface area (TPSA) is 26.3 Å². The molecular formula is C6H8BrFO2. The average molecular weight is 211 g/mol. The minimum Gasteiger partial charge on any atom is -0.462 e. The molecule has 10 heavy (non-hydrogen) atoms. The second-order valence-electron chi connectivity index (χ2n) is 1.49. The third-order valence-corrected chi connectivity index (χ3v) is 1.08. The molecule has 0 saturated heterocycles. The summed E-state index contributed by atoms with van der Waals surface area (Å²) in [6.45, 7) is 3.29. The van der Waals surface area contributed by atoms with Crippen LogP contribution in [0.1, 0.15) is 0 Å². The molecule has 0 amide bonds. The van der Waals surface area contributed by atoms with E-state index in [0.29, 0.717) is 5.33 Å². The number of ether oxygens (including phenoxy) is 1. The Balaban J connectivity index is 3.51. The highest BCUT2D eigenvalue weighted by Gasteiger charge is 2.13. The molecule has 0 spiro atoms. The van der Waals surface area contributed by atoms with Crippen LogP contribution in [-0.2, 0) is 9.53 Å². The van der Waals surface area contributed by atoms with Gasteiger partial charge in [0.1, 0.15) is 6.61 Å². The van der Waals surface area contributed by atoms with Crippen LogP contribution in [0.2, 0.25) is 0 Å². The Morgan fingerprint density at radius 3 is 2.90 bits per heavy atom. The highest BCUT2D eigenvalue weighted by Crippen LogP contribution is 1.95. The number of esters is 1. The number of rotatable bonds is 4. The van der Waals surface area contributed by atoms with Crippen LogP contribution in [0.25, 0.3) is 0 Å². The second-order valence-corrected chi connectivity index (χ2v) is 2.29. The van der Waals surface area contributed by atoms with Gasteiger partial charge in [0.15, 0.2) is 0 Å². The quantitative estimate of drug-likeness (QED) is 0.399. The molecule has 0 bridgehead atoms. The lowest BCUT2D eigenvalue weighted by Crippen LogP contribution is -2.17. The number of carbonyl (C=O) groups excluding carboxylic acids is 1. The number of carbonyl (C=O) groups is 1. The van der Waals surface area contributed by atoms with Crippen molar-refractivity contribution >= 4 is 21.9 Å². The summed E-state index contributed by atoms with van der Waals surface area (Å²) in [6.07, 6.45) is -0.796. The molecule has 0 aromatic rings. The molecule has 0 radical (unpaired) electrons. The second kappa shape index (κ2) is 5.41. The molecule has 4 heteroatoms. The fourth-order valence-electron chi connectivity index (χ4n) is 0.315. The van der Waals surface area contributed by atoms with E-state index in [2.05, 4.69) is 27.2 Å². The number of alkyl halides is 2. The van der Waals surface area contributed by atoms with Crippen molar-refractivity contribution in [3.8, 4) is 0 Å². The predicted molar refractivity (Wildman–Crippen MR) is 39.8 cm³/mol. The highest BCUT2D eigenvalue weighted by atomic mass is 79.9. The summed E-state index contributed by atoms with van der Waals surface area (Å²) < 4.78 is 16.7. The molecule has 2 nitrogen and oxygen atoms in total. The van der Waals surface area contributed by atoms with Gasteiger partial charge in [-0.25, -0.2) is 9.18 Å². The van der Waals surface area contributed by atoms with Gasteiger partial charge in [-0.2, -0.15) is 0 Å². The van der Waals surface area contributed by atoms with Crippen LogP contribution in [0.4, 0.5) is 4.39 Å². The molecule has 0 heterocycles. The first-order valence-corrected chi connectivity index (χ1v) is 3.83. The van der Waals surface area contributed by atoms with Gasteiger partial charge < -0.3 is 4.74 Å². The van der Waals surface area contributed by atoms with Crippen molar-refractivity contribution in [1.29, 1.82) is 0 Å². The van der Waals surface area contributed by atoms with Crippen LogP contribution in [-0.4, -0.2) is 24.1 Å². The summed E-state index contributed by atoms with van der Waals surface area (Å²) in [4.78, 5) is 10.4. The lowest BCUT2D eigenvalue weighted by Gasteiger charge is -2.01. The molecule has 1 atom stereocenters. The van der Waals surface area contributed by atoms with Crippen LogP contribution >= 0.6 is 15.9 Å². The van der Waals surface area contributed by atoms with Crippen LogP contribution in [0, 0.1) is 0 Å². The van der Waals surface area contributed by atoms with Gasteiger partial charge in [0.2, 0.25) is 6.17 Å². The zero-order chi connectivity index (χ0) is 7.98. The largest absolute Gasteiger partial charge is 0.462 e. The fourth-order valence-corrected chi connectivity index (χ4v) is 0.477. The Labute approximate surface area is 67.2 Å². The monoisotopic (exact) mass is 210 g/mol. The minimum atomic E-state index is -1.70. The molecule has 0 N–H and O–H groups in total. The van der Waals surface area contributed by atoms with E-state index in [1.165, 1.54) is 0 Å². The van der Waals surface area contributed by atoms with Gasteiger partial charge in [0.25, 0.3) is 0 Å². The lowest BCUT2D eigenvalue weighted by atomic mass is 10.4. The van der Waals surface area contributed by atoms with E-state index < -0.39 is 12.1 Å². The zero-order valence-electron chi connectivity index (χ0n) is 5.35. The molecule has 0 aromatic heterocycles. The van der Waals surface area contributed by atoms with Crippen molar-refractivity contribution in [3.05, 3.63) is 12.7 Å². The van der Waals surface area contributed by atoms with Crippen LogP contribution < -0.4 is 0 Å². The standard InChI is InChI=1S/C6H8BrFO2/c1-2-5(8)6(9)10-4-3-7/h2,5H,1,3-4H2. The first kappa shape index (κ1) is 9.62. The highest BCUT2D eigenvalue weighted by molar-refractivity contribution is 9.09. The van der Waals surface area contributed by atoms with E-state index in [9.17, 15) is 9.18 Å². The molecular weight excluding hydrogens is 203 g/mol. The van der Waals surface area contributed by atoms with Gasteiger partial charge in [-0.3, -0.25) is 0 Å². The molecule has 0 fully saturated rings. The first-order chi connectivity index (χ1) is 4.72. The molecule has 0 aliphatic carbocycles. The smallest absolute Gasteiger partial charge is 0.344 e. The van der Waals surface area contributed by atoms with Crippen molar-refractivity contribution in [1.82, 2.24) is 0 Å². The molecule has 58 valence electrons. The SMILES string of the molecule is C=CC(F)C(=O)OCCBr.